The van der Waals surface area contributed by atoms with Gasteiger partial charge in [-0.2, -0.15) is 0 Å². The zero-order valence-electron chi connectivity index (χ0n) is 9.09. The first kappa shape index (κ1) is 11.9. The lowest BCUT2D eigenvalue weighted by Gasteiger charge is -2.02. The molecule has 1 rings (SSSR count). The van der Waals surface area contributed by atoms with Crippen LogP contribution in [-0.4, -0.2) is 38.2 Å². The van der Waals surface area contributed by atoms with Crippen LogP contribution in [0.4, 0.5) is 5.13 Å². The van der Waals surface area contributed by atoms with E-state index >= 15 is 0 Å². The lowest BCUT2D eigenvalue weighted by atomic mass is 10.4. The van der Waals surface area contributed by atoms with Crippen LogP contribution in [0.2, 0.25) is 0 Å². The topological polar surface area (TPSA) is 63.2 Å². The number of hydrogen-bond acceptors (Lipinski definition) is 5. The van der Waals surface area contributed by atoms with Gasteiger partial charge in [0.15, 0.2) is 5.13 Å². The van der Waals surface area contributed by atoms with Gasteiger partial charge in [0.1, 0.15) is 4.88 Å². The van der Waals surface area contributed by atoms with Gasteiger partial charge in [-0.3, -0.25) is 4.79 Å². The van der Waals surface area contributed by atoms with Crippen molar-refractivity contribution in [1.29, 1.82) is 0 Å². The van der Waals surface area contributed by atoms with Crippen LogP contribution in [0.3, 0.4) is 0 Å². The second-order valence-electron chi connectivity index (χ2n) is 2.93. The predicted octanol–water partition coefficient (Wildman–Crippen LogP) is 0.869. The van der Waals surface area contributed by atoms with Gasteiger partial charge in [-0.25, -0.2) is 4.98 Å². The van der Waals surface area contributed by atoms with Crippen LogP contribution < -0.4 is 10.6 Å². The lowest BCUT2D eigenvalue weighted by Crippen LogP contribution is -2.26. The highest BCUT2D eigenvalue weighted by atomic mass is 32.1. The van der Waals surface area contributed by atoms with Gasteiger partial charge >= 0.3 is 0 Å². The van der Waals surface area contributed by atoms with Gasteiger partial charge in [0, 0.05) is 20.7 Å². The molecule has 1 aromatic heterocycles. The quantitative estimate of drug-likeness (QED) is 0.735. The molecule has 0 aliphatic rings. The molecule has 1 heterocycles. The van der Waals surface area contributed by atoms with Gasteiger partial charge < -0.3 is 15.4 Å². The fourth-order valence-corrected chi connectivity index (χ4v) is 1.90. The van der Waals surface area contributed by atoms with Crippen molar-refractivity contribution in [3.63, 3.8) is 0 Å². The van der Waals surface area contributed by atoms with Crippen LogP contribution in [0.1, 0.15) is 15.4 Å². The van der Waals surface area contributed by atoms with Gasteiger partial charge in [0.2, 0.25) is 0 Å². The Bertz CT molecular complexity index is 338. The Morgan fingerprint density at radius 3 is 2.87 bits per heavy atom. The number of methoxy groups -OCH3 is 1. The molecule has 1 amide bonds. The number of carbonyl (C=O) groups excluding carboxylic acids is 1. The molecule has 6 heteroatoms. The second-order valence-corrected chi connectivity index (χ2v) is 3.93. The minimum Gasteiger partial charge on any atom is -0.383 e. The average Bonchev–Trinajstić information content (AvgIpc) is 2.60. The molecule has 84 valence electrons. The van der Waals surface area contributed by atoms with Crippen LogP contribution in [0.5, 0.6) is 0 Å². The van der Waals surface area contributed by atoms with Crippen LogP contribution >= 0.6 is 11.3 Å². The number of nitrogens with zero attached hydrogens (tertiary/aromatic N) is 1. The Kier molecular flexibility index (Phi) is 4.51. The molecule has 0 fully saturated rings. The van der Waals surface area contributed by atoms with Crippen molar-refractivity contribution in [2.24, 2.45) is 0 Å². The third-order valence-electron chi connectivity index (χ3n) is 1.81. The zero-order valence-corrected chi connectivity index (χ0v) is 9.90. The SMILES string of the molecule is CNc1nc(C)c(C(=O)NCCOC)s1. The van der Waals surface area contributed by atoms with E-state index in [1.54, 1.807) is 14.2 Å². The summed E-state index contributed by atoms with van der Waals surface area (Å²) in [6, 6.07) is 0. The van der Waals surface area contributed by atoms with E-state index in [1.165, 1.54) is 11.3 Å². The van der Waals surface area contributed by atoms with Crippen molar-refractivity contribution in [1.82, 2.24) is 10.3 Å². The summed E-state index contributed by atoms with van der Waals surface area (Å²) in [5.74, 6) is -0.0939. The van der Waals surface area contributed by atoms with Gasteiger partial charge in [-0.15, -0.1) is 0 Å². The van der Waals surface area contributed by atoms with Crippen molar-refractivity contribution in [3.8, 4) is 0 Å². The maximum Gasteiger partial charge on any atom is 0.263 e. The third-order valence-corrected chi connectivity index (χ3v) is 2.98. The van der Waals surface area contributed by atoms with E-state index in [0.717, 1.165) is 10.8 Å². The van der Waals surface area contributed by atoms with E-state index in [-0.39, 0.29) is 5.91 Å². The zero-order chi connectivity index (χ0) is 11.3. The summed E-state index contributed by atoms with van der Waals surface area (Å²) < 4.78 is 4.85. The van der Waals surface area contributed by atoms with Crippen molar-refractivity contribution >= 4 is 22.4 Å². The molecular formula is C9H15N3O2S. The fraction of sp³-hybridized carbons (Fsp3) is 0.556. The Morgan fingerprint density at radius 2 is 2.33 bits per heavy atom. The number of ether oxygens (including phenoxy) is 1. The first-order chi connectivity index (χ1) is 7.19. The maximum atomic E-state index is 11.6. The number of thiazole rings is 1. The smallest absolute Gasteiger partial charge is 0.263 e. The van der Waals surface area contributed by atoms with E-state index in [4.69, 9.17) is 4.74 Å². The summed E-state index contributed by atoms with van der Waals surface area (Å²) in [4.78, 5) is 16.5. The average molecular weight is 229 g/mol. The molecule has 0 saturated carbocycles. The molecule has 0 bridgehead atoms. The largest absolute Gasteiger partial charge is 0.383 e. The lowest BCUT2D eigenvalue weighted by molar-refractivity contribution is 0.0940. The van der Waals surface area contributed by atoms with Crippen LogP contribution in [-0.2, 0) is 4.74 Å². The molecule has 5 nitrogen and oxygen atoms in total. The van der Waals surface area contributed by atoms with Crippen LogP contribution in [0.25, 0.3) is 0 Å². The van der Waals surface area contributed by atoms with Crippen LogP contribution in [0.15, 0.2) is 0 Å². The number of nitrogens with one attached hydrogen (secondary N) is 2. The summed E-state index contributed by atoms with van der Waals surface area (Å²) in [5.41, 5.74) is 0.749. The van der Waals surface area contributed by atoms with Crippen molar-refractivity contribution in [2.75, 3.05) is 32.6 Å². The number of rotatable bonds is 5. The highest BCUT2D eigenvalue weighted by molar-refractivity contribution is 7.17. The number of anilines is 1. The van der Waals surface area contributed by atoms with E-state index in [9.17, 15) is 4.79 Å². The Labute approximate surface area is 92.9 Å². The highest BCUT2D eigenvalue weighted by Crippen LogP contribution is 2.21. The molecule has 2 N–H and O–H groups in total. The molecule has 0 radical (unpaired) electrons. The van der Waals surface area contributed by atoms with E-state index in [1.807, 2.05) is 6.92 Å². The van der Waals surface area contributed by atoms with Crippen molar-refractivity contribution in [3.05, 3.63) is 10.6 Å². The first-order valence-electron chi connectivity index (χ1n) is 4.61. The standard InChI is InChI=1S/C9H15N3O2S/c1-6-7(15-9(10-2)12-6)8(13)11-4-5-14-3/h4-5H2,1-3H3,(H,10,12)(H,11,13). The highest BCUT2D eigenvalue weighted by Gasteiger charge is 2.13. The number of hydrogen-bond donors (Lipinski definition) is 2. The Morgan fingerprint density at radius 1 is 1.60 bits per heavy atom. The summed E-state index contributed by atoms with van der Waals surface area (Å²) in [7, 11) is 3.38. The number of aromatic nitrogens is 1. The monoisotopic (exact) mass is 229 g/mol. The maximum absolute atomic E-state index is 11.6. The summed E-state index contributed by atoms with van der Waals surface area (Å²) in [6.45, 7) is 2.85. The Balaban J connectivity index is 2.60. The van der Waals surface area contributed by atoms with Crippen LogP contribution in [0, 0.1) is 6.92 Å². The molecule has 0 saturated heterocycles. The molecule has 0 unspecified atom stereocenters. The summed E-state index contributed by atoms with van der Waals surface area (Å²) >= 11 is 1.35. The molecule has 15 heavy (non-hydrogen) atoms. The van der Waals surface area contributed by atoms with Gasteiger partial charge in [0.05, 0.1) is 12.3 Å². The van der Waals surface area contributed by atoms with Gasteiger partial charge in [0.25, 0.3) is 5.91 Å². The second kappa shape index (κ2) is 5.67. The molecule has 0 aliphatic heterocycles. The molecule has 0 spiro atoms. The minimum absolute atomic E-state index is 0.0939. The molecule has 0 atom stereocenters. The van der Waals surface area contributed by atoms with E-state index in [2.05, 4.69) is 15.6 Å². The van der Waals surface area contributed by atoms with Crippen molar-refractivity contribution < 1.29 is 9.53 Å². The van der Waals surface area contributed by atoms with Gasteiger partial charge in [-0.05, 0) is 6.92 Å². The fourth-order valence-electron chi connectivity index (χ4n) is 1.06. The van der Waals surface area contributed by atoms with E-state index < -0.39 is 0 Å². The molecular weight excluding hydrogens is 214 g/mol. The third kappa shape index (κ3) is 3.17. The van der Waals surface area contributed by atoms with E-state index in [0.29, 0.717) is 18.0 Å². The minimum atomic E-state index is -0.0939. The predicted molar refractivity (Wildman–Crippen MR) is 60.6 cm³/mol. The molecule has 0 aliphatic carbocycles. The number of aryl methyl sites for hydroxylation is 1. The summed E-state index contributed by atoms with van der Waals surface area (Å²) in [6.07, 6.45) is 0. The normalized spacial score (nSPS) is 10.1. The number of amides is 1. The van der Waals surface area contributed by atoms with Gasteiger partial charge in [-0.1, -0.05) is 11.3 Å². The first-order valence-corrected chi connectivity index (χ1v) is 5.43. The molecule has 1 aromatic rings. The van der Waals surface area contributed by atoms with Crippen molar-refractivity contribution in [2.45, 2.75) is 6.92 Å². The summed E-state index contributed by atoms with van der Waals surface area (Å²) in [5, 5.41) is 6.42. The number of carbonyl (C=O) groups is 1. The molecule has 0 aromatic carbocycles. The Hall–Kier alpha value is -1.14.